The normalized spacial score (nSPS) is 16.1. The average Bonchev–Trinajstić information content (AvgIpc) is 2.72. The Morgan fingerprint density at radius 1 is 1.17 bits per heavy atom. The summed E-state index contributed by atoms with van der Waals surface area (Å²) in [6.07, 6.45) is 0.497. The molecule has 2 aromatic carbocycles. The molecule has 0 bridgehead atoms. The molecule has 1 aliphatic heterocycles. The van der Waals surface area contributed by atoms with Crippen molar-refractivity contribution in [2.75, 3.05) is 32.2 Å². The van der Waals surface area contributed by atoms with Gasteiger partial charge < -0.3 is 14.4 Å². The van der Waals surface area contributed by atoms with Crippen LogP contribution in [0.1, 0.15) is 19.4 Å². The lowest BCUT2D eigenvalue weighted by atomic mass is 10.1. The maximum Gasteiger partial charge on any atom is 0.240 e. The summed E-state index contributed by atoms with van der Waals surface area (Å²) in [6, 6.07) is 10.4. The van der Waals surface area contributed by atoms with E-state index in [-0.39, 0.29) is 22.6 Å². The number of rotatable bonds is 7. The maximum atomic E-state index is 12.8. The first kappa shape index (κ1) is 22.5. The third-order valence-corrected chi connectivity index (χ3v) is 7.44. The van der Waals surface area contributed by atoms with Crippen molar-refractivity contribution in [3.05, 3.63) is 42.0 Å². The second-order valence-electron chi connectivity index (χ2n) is 7.02. The van der Waals surface area contributed by atoms with Crippen LogP contribution in [0.4, 0.5) is 5.69 Å². The van der Waals surface area contributed by atoms with Crippen LogP contribution in [-0.2, 0) is 21.2 Å². The summed E-state index contributed by atoms with van der Waals surface area (Å²) in [5, 5.41) is 0.253. The lowest BCUT2D eigenvalue weighted by Crippen LogP contribution is -2.37. The second-order valence-corrected chi connectivity index (χ2v) is 10.3. The maximum absolute atomic E-state index is 12.8. The Balaban J connectivity index is 1.73. The molecule has 1 aliphatic rings. The molecule has 30 heavy (non-hydrogen) atoms. The van der Waals surface area contributed by atoms with E-state index in [0.717, 1.165) is 10.5 Å². The van der Waals surface area contributed by atoms with Crippen molar-refractivity contribution in [1.82, 2.24) is 4.72 Å². The second kappa shape index (κ2) is 9.28. The fourth-order valence-corrected chi connectivity index (χ4v) is 5.48. The van der Waals surface area contributed by atoms with Crippen molar-refractivity contribution in [3.63, 3.8) is 0 Å². The van der Waals surface area contributed by atoms with Gasteiger partial charge in [0.2, 0.25) is 15.9 Å². The third kappa shape index (κ3) is 4.91. The summed E-state index contributed by atoms with van der Waals surface area (Å²) in [5.41, 5.74) is 1.57. The molecule has 1 N–H and O–H groups in total. The van der Waals surface area contributed by atoms with Crippen molar-refractivity contribution < 1.29 is 22.7 Å². The van der Waals surface area contributed by atoms with Crippen LogP contribution in [0.15, 0.2) is 46.2 Å². The van der Waals surface area contributed by atoms with Crippen molar-refractivity contribution in [2.45, 2.75) is 35.3 Å². The monoisotopic (exact) mass is 450 g/mol. The van der Waals surface area contributed by atoms with Crippen LogP contribution in [0.25, 0.3) is 0 Å². The van der Waals surface area contributed by atoms with Gasteiger partial charge >= 0.3 is 0 Å². The number of nitrogens with one attached hydrogen (secondary N) is 1. The lowest BCUT2D eigenvalue weighted by Gasteiger charge is -2.32. The summed E-state index contributed by atoms with van der Waals surface area (Å²) in [4.78, 5) is 14.7. The van der Waals surface area contributed by atoms with E-state index in [1.807, 2.05) is 19.1 Å². The molecule has 162 valence electrons. The highest BCUT2D eigenvalue weighted by atomic mass is 32.2. The van der Waals surface area contributed by atoms with Crippen LogP contribution < -0.4 is 19.1 Å². The van der Waals surface area contributed by atoms with Gasteiger partial charge in [0.05, 0.1) is 24.8 Å². The van der Waals surface area contributed by atoms with Crippen molar-refractivity contribution in [2.24, 2.45) is 0 Å². The van der Waals surface area contributed by atoms with Gasteiger partial charge in [-0.05, 0) is 42.3 Å². The number of amides is 1. The van der Waals surface area contributed by atoms with E-state index in [1.165, 1.54) is 6.92 Å². The van der Waals surface area contributed by atoms with Gasteiger partial charge in [-0.2, -0.15) is 0 Å². The van der Waals surface area contributed by atoms with Crippen LogP contribution in [0.5, 0.6) is 11.5 Å². The number of hydrogen-bond acceptors (Lipinski definition) is 6. The highest BCUT2D eigenvalue weighted by Crippen LogP contribution is 2.39. The Morgan fingerprint density at radius 2 is 1.90 bits per heavy atom. The van der Waals surface area contributed by atoms with Gasteiger partial charge in [-0.25, -0.2) is 13.1 Å². The summed E-state index contributed by atoms with van der Waals surface area (Å²) >= 11 is 1.64. The van der Waals surface area contributed by atoms with Crippen molar-refractivity contribution in [3.8, 4) is 11.5 Å². The number of carbonyl (C=O) groups excluding carboxylic acids is 1. The van der Waals surface area contributed by atoms with E-state index in [4.69, 9.17) is 9.47 Å². The van der Waals surface area contributed by atoms with Crippen LogP contribution >= 0.6 is 11.8 Å². The first-order valence-electron chi connectivity index (χ1n) is 9.54. The fourth-order valence-electron chi connectivity index (χ4n) is 3.33. The minimum absolute atomic E-state index is 0.0978. The molecule has 0 aromatic heterocycles. The zero-order valence-electron chi connectivity index (χ0n) is 17.5. The van der Waals surface area contributed by atoms with Gasteiger partial charge in [-0.1, -0.05) is 13.0 Å². The van der Waals surface area contributed by atoms with E-state index < -0.39 is 10.0 Å². The fraction of sp³-hybridized carbons (Fsp3) is 0.381. The number of ether oxygens (including phenoxy) is 2. The SMILES string of the molecule is COc1ccc(CCNS(=O)(=O)c2ccc3c(c2)N(C(C)=O)C[C@@H](C)S3)cc1OC. The number of fused-ring (bicyclic) bond motifs is 1. The summed E-state index contributed by atoms with van der Waals surface area (Å²) in [7, 11) is -0.583. The average molecular weight is 451 g/mol. The van der Waals surface area contributed by atoms with Crippen molar-refractivity contribution in [1.29, 1.82) is 0 Å². The standard InChI is InChI=1S/C21H26N2O5S2/c1-14-13-23(15(2)24)18-12-17(6-8-21(18)29-14)30(25,26)22-10-9-16-5-7-19(27-3)20(11-16)28-4/h5-8,11-12,14,22H,9-10,13H2,1-4H3/t14-/m1/s1. The first-order valence-corrected chi connectivity index (χ1v) is 11.9. The highest BCUT2D eigenvalue weighted by Gasteiger charge is 2.27. The Morgan fingerprint density at radius 3 is 2.57 bits per heavy atom. The number of sulfonamides is 1. The van der Waals surface area contributed by atoms with E-state index in [2.05, 4.69) is 4.72 Å². The van der Waals surface area contributed by atoms with Crippen LogP contribution in [0, 0.1) is 0 Å². The minimum Gasteiger partial charge on any atom is -0.493 e. The molecular weight excluding hydrogens is 424 g/mol. The third-order valence-electron chi connectivity index (χ3n) is 4.83. The molecule has 1 atom stereocenters. The molecule has 0 aliphatic carbocycles. The highest BCUT2D eigenvalue weighted by molar-refractivity contribution is 8.00. The molecule has 1 heterocycles. The van der Waals surface area contributed by atoms with Gasteiger partial charge in [-0.15, -0.1) is 11.8 Å². The van der Waals surface area contributed by atoms with Gasteiger partial charge in [0, 0.05) is 30.2 Å². The molecule has 0 spiro atoms. The minimum atomic E-state index is -3.71. The molecule has 0 unspecified atom stereocenters. The topological polar surface area (TPSA) is 84.9 Å². The number of anilines is 1. The number of hydrogen-bond donors (Lipinski definition) is 1. The summed E-state index contributed by atoms with van der Waals surface area (Å²) in [5.74, 6) is 1.13. The van der Waals surface area contributed by atoms with E-state index in [0.29, 0.717) is 30.2 Å². The van der Waals surface area contributed by atoms with Gasteiger partial charge in [0.25, 0.3) is 0 Å². The van der Waals surface area contributed by atoms with E-state index >= 15 is 0 Å². The number of benzene rings is 2. The van der Waals surface area contributed by atoms with E-state index in [1.54, 1.807) is 55.1 Å². The van der Waals surface area contributed by atoms with E-state index in [9.17, 15) is 13.2 Å². The number of thioether (sulfide) groups is 1. The lowest BCUT2D eigenvalue weighted by molar-refractivity contribution is -0.116. The Labute approximate surface area is 181 Å². The summed E-state index contributed by atoms with van der Waals surface area (Å²) in [6.45, 7) is 4.33. The van der Waals surface area contributed by atoms with Gasteiger partial charge in [0.15, 0.2) is 11.5 Å². The molecular formula is C21H26N2O5S2. The van der Waals surface area contributed by atoms with Crippen LogP contribution in [-0.4, -0.2) is 46.9 Å². The molecule has 9 heteroatoms. The molecule has 0 saturated carbocycles. The molecule has 0 fully saturated rings. The van der Waals surface area contributed by atoms with Crippen molar-refractivity contribution >= 4 is 33.4 Å². The Hall–Kier alpha value is -2.23. The van der Waals surface area contributed by atoms with Gasteiger partial charge in [0.1, 0.15) is 0 Å². The van der Waals surface area contributed by atoms with Gasteiger partial charge in [-0.3, -0.25) is 4.79 Å². The zero-order chi connectivity index (χ0) is 21.9. The number of nitrogens with zero attached hydrogens (tertiary/aromatic N) is 1. The largest absolute Gasteiger partial charge is 0.493 e. The predicted octanol–water partition coefficient (Wildman–Crippen LogP) is 3.07. The molecule has 7 nitrogen and oxygen atoms in total. The summed E-state index contributed by atoms with van der Waals surface area (Å²) < 4.78 is 38.8. The predicted molar refractivity (Wildman–Crippen MR) is 118 cm³/mol. The molecule has 0 radical (unpaired) electrons. The van der Waals surface area contributed by atoms with Crippen LogP contribution in [0.2, 0.25) is 0 Å². The zero-order valence-corrected chi connectivity index (χ0v) is 19.1. The number of carbonyl (C=O) groups is 1. The molecule has 2 aromatic rings. The van der Waals surface area contributed by atoms with Crippen LogP contribution in [0.3, 0.4) is 0 Å². The first-order chi connectivity index (χ1) is 14.2. The molecule has 1 amide bonds. The molecule has 0 saturated heterocycles. The Bertz CT molecular complexity index is 1040. The Kier molecular flexibility index (Phi) is 6.95. The number of methoxy groups -OCH3 is 2. The molecule has 3 rings (SSSR count). The quantitative estimate of drug-likeness (QED) is 0.698. The smallest absolute Gasteiger partial charge is 0.240 e.